The van der Waals surface area contributed by atoms with Gasteiger partial charge < -0.3 is 16.6 Å². The van der Waals surface area contributed by atoms with E-state index in [-0.39, 0.29) is 12.1 Å². The second kappa shape index (κ2) is 2.01. The van der Waals surface area contributed by atoms with Crippen molar-refractivity contribution in [2.24, 2.45) is 11.5 Å². The summed E-state index contributed by atoms with van der Waals surface area (Å²) in [5.74, 6) is 0. The molecule has 1 saturated carbocycles. The Kier molecular flexibility index (Phi) is 1.51. The Balaban J connectivity index is 2.44. The number of rotatable bonds is 0. The fraction of sp³-hybridized carbons (Fsp3) is 1.00. The topological polar surface area (TPSA) is 72.3 Å². The molecule has 2 atom stereocenters. The highest BCUT2D eigenvalue weighted by atomic mass is 16.3. The van der Waals surface area contributed by atoms with E-state index in [1.54, 1.807) is 0 Å². The van der Waals surface area contributed by atoms with E-state index in [9.17, 15) is 0 Å². The zero-order valence-electron chi connectivity index (χ0n) is 4.75. The molecule has 3 nitrogen and oxygen atoms in total. The molecule has 1 aliphatic carbocycles. The maximum Gasteiger partial charge on any atom is 0.0841 e. The van der Waals surface area contributed by atoms with Crippen LogP contribution in [0.5, 0.6) is 0 Å². The third-order valence-corrected chi connectivity index (χ3v) is 1.71. The van der Waals surface area contributed by atoms with Crippen LogP contribution in [0.4, 0.5) is 0 Å². The fourth-order valence-electron chi connectivity index (χ4n) is 1.04. The second-order valence-corrected chi connectivity index (χ2v) is 2.40. The predicted octanol–water partition coefficient (Wildman–Crippen LogP) is -1.20. The van der Waals surface area contributed by atoms with Gasteiger partial charge >= 0.3 is 0 Å². The molecule has 0 bridgehead atoms. The summed E-state index contributed by atoms with van der Waals surface area (Å²) in [4.78, 5) is 0. The van der Waals surface area contributed by atoms with Crippen molar-refractivity contribution in [1.29, 1.82) is 0 Å². The normalized spacial score (nSPS) is 47.6. The summed E-state index contributed by atoms with van der Waals surface area (Å²) in [6, 6.07) is -0.157. The minimum absolute atomic E-state index is 0.0787. The Hall–Kier alpha value is -0.120. The quantitative estimate of drug-likeness (QED) is 0.372. The van der Waals surface area contributed by atoms with Gasteiger partial charge in [0.25, 0.3) is 0 Å². The Morgan fingerprint density at radius 1 is 1.12 bits per heavy atom. The van der Waals surface area contributed by atoms with Gasteiger partial charge in [0.05, 0.1) is 6.10 Å². The van der Waals surface area contributed by atoms with Crippen LogP contribution in [-0.2, 0) is 0 Å². The molecule has 5 N–H and O–H groups in total. The monoisotopic (exact) mass is 116 g/mol. The van der Waals surface area contributed by atoms with Crippen molar-refractivity contribution >= 4 is 0 Å². The first-order chi connectivity index (χ1) is 3.72. The lowest BCUT2D eigenvalue weighted by molar-refractivity contribution is 0.149. The van der Waals surface area contributed by atoms with Gasteiger partial charge in [0.15, 0.2) is 0 Å². The molecule has 1 rings (SSSR count). The maximum atomic E-state index is 9.02. The number of aliphatic hydroxyl groups excluding tert-OH is 1. The minimum atomic E-state index is -0.463. The van der Waals surface area contributed by atoms with E-state index in [4.69, 9.17) is 16.6 Å². The van der Waals surface area contributed by atoms with Crippen molar-refractivity contribution in [3.05, 3.63) is 0 Å². The smallest absolute Gasteiger partial charge is 0.0841 e. The summed E-state index contributed by atoms with van der Waals surface area (Å²) in [7, 11) is 0. The Labute approximate surface area is 48.7 Å². The van der Waals surface area contributed by atoms with Crippen LogP contribution in [0.3, 0.4) is 0 Å². The van der Waals surface area contributed by atoms with Gasteiger partial charge in [-0.2, -0.15) is 0 Å². The number of hydrogen-bond donors (Lipinski definition) is 3. The molecule has 0 aromatic carbocycles. The van der Waals surface area contributed by atoms with Gasteiger partial charge in [-0.3, -0.25) is 0 Å². The van der Waals surface area contributed by atoms with Crippen molar-refractivity contribution in [3.63, 3.8) is 0 Å². The summed E-state index contributed by atoms with van der Waals surface area (Å²) < 4.78 is 0. The molecule has 0 amide bonds. The van der Waals surface area contributed by atoms with Gasteiger partial charge in [-0.05, 0) is 12.8 Å². The van der Waals surface area contributed by atoms with E-state index in [1.165, 1.54) is 0 Å². The Morgan fingerprint density at radius 3 is 1.62 bits per heavy atom. The summed E-state index contributed by atoms with van der Waals surface area (Å²) >= 11 is 0. The van der Waals surface area contributed by atoms with Gasteiger partial charge in [-0.1, -0.05) is 0 Å². The molecule has 48 valence electrons. The van der Waals surface area contributed by atoms with Crippen molar-refractivity contribution in [3.8, 4) is 0 Å². The zero-order valence-corrected chi connectivity index (χ0v) is 4.75. The van der Waals surface area contributed by atoms with Crippen LogP contribution in [0.15, 0.2) is 0 Å². The lowest BCUT2D eigenvalue weighted by atomic mass is 10.2. The maximum absolute atomic E-state index is 9.02. The van der Waals surface area contributed by atoms with Crippen LogP contribution in [0.1, 0.15) is 12.8 Å². The number of aliphatic hydroxyl groups is 1. The molecule has 2 unspecified atom stereocenters. The molecule has 0 aromatic heterocycles. The highest BCUT2D eigenvalue weighted by Gasteiger charge is 2.28. The van der Waals surface area contributed by atoms with Gasteiger partial charge in [0, 0.05) is 12.1 Å². The van der Waals surface area contributed by atoms with Gasteiger partial charge in [0.2, 0.25) is 0 Å². The van der Waals surface area contributed by atoms with Gasteiger partial charge in [-0.25, -0.2) is 0 Å². The molecule has 0 aliphatic heterocycles. The SMILES string of the molecule is NC1CCC(N)C1O. The van der Waals surface area contributed by atoms with Crippen molar-refractivity contribution in [1.82, 2.24) is 0 Å². The van der Waals surface area contributed by atoms with E-state index in [2.05, 4.69) is 0 Å². The van der Waals surface area contributed by atoms with Crippen LogP contribution >= 0.6 is 0 Å². The van der Waals surface area contributed by atoms with Crippen molar-refractivity contribution in [2.75, 3.05) is 0 Å². The number of hydrogen-bond acceptors (Lipinski definition) is 3. The molecule has 1 fully saturated rings. The molecule has 3 heteroatoms. The van der Waals surface area contributed by atoms with Crippen LogP contribution in [0, 0.1) is 0 Å². The largest absolute Gasteiger partial charge is 0.390 e. The molecule has 0 aromatic rings. The van der Waals surface area contributed by atoms with E-state index >= 15 is 0 Å². The first kappa shape index (κ1) is 6.01. The first-order valence-electron chi connectivity index (χ1n) is 2.91. The summed E-state index contributed by atoms with van der Waals surface area (Å²) in [5, 5.41) is 9.02. The highest BCUT2D eigenvalue weighted by Crippen LogP contribution is 2.15. The standard InChI is InChI=1S/C5H12N2O/c6-3-1-2-4(7)5(3)8/h3-5,8H,1-2,6-7H2. The molecular weight excluding hydrogens is 104 g/mol. The third-order valence-electron chi connectivity index (χ3n) is 1.71. The van der Waals surface area contributed by atoms with Crippen LogP contribution < -0.4 is 11.5 Å². The molecule has 1 aliphatic rings. The lowest BCUT2D eigenvalue weighted by Gasteiger charge is -2.10. The highest BCUT2D eigenvalue weighted by molar-refractivity contribution is 4.89. The Morgan fingerprint density at radius 2 is 1.50 bits per heavy atom. The van der Waals surface area contributed by atoms with E-state index in [0.717, 1.165) is 12.8 Å². The Bertz CT molecular complexity index is 76.5. The van der Waals surface area contributed by atoms with E-state index in [0.29, 0.717) is 0 Å². The minimum Gasteiger partial charge on any atom is -0.390 e. The fourth-order valence-corrected chi connectivity index (χ4v) is 1.04. The molecular formula is C5H12N2O. The zero-order chi connectivity index (χ0) is 6.15. The third kappa shape index (κ3) is 0.844. The molecule has 0 heterocycles. The average Bonchev–Trinajstić information content (AvgIpc) is 1.98. The average molecular weight is 116 g/mol. The molecule has 8 heavy (non-hydrogen) atoms. The molecule has 0 spiro atoms. The van der Waals surface area contributed by atoms with Crippen LogP contribution in [0.2, 0.25) is 0 Å². The van der Waals surface area contributed by atoms with Crippen LogP contribution in [-0.4, -0.2) is 23.3 Å². The van der Waals surface area contributed by atoms with Crippen molar-refractivity contribution < 1.29 is 5.11 Å². The lowest BCUT2D eigenvalue weighted by Crippen LogP contribution is -2.39. The number of nitrogens with two attached hydrogens (primary N) is 2. The second-order valence-electron chi connectivity index (χ2n) is 2.40. The molecule has 0 saturated heterocycles. The summed E-state index contributed by atoms with van der Waals surface area (Å²) in [5.41, 5.74) is 10.9. The van der Waals surface area contributed by atoms with Crippen molar-refractivity contribution in [2.45, 2.75) is 31.0 Å². The summed E-state index contributed by atoms with van der Waals surface area (Å²) in [6.45, 7) is 0. The van der Waals surface area contributed by atoms with Crippen LogP contribution in [0.25, 0.3) is 0 Å². The van der Waals surface area contributed by atoms with Gasteiger partial charge in [-0.15, -0.1) is 0 Å². The van der Waals surface area contributed by atoms with Gasteiger partial charge in [0.1, 0.15) is 0 Å². The van der Waals surface area contributed by atoms with E-state index < -0.39 is 6.10 Å². The first-order valence-corrected chi connectivity index (χ1v) is 2.91. The predicted molar refractivity (Wildman–Crippen MR) is 31.2 cm³/mol. The molecule has 0 radical (unpaired) electrons. The summed E-state index contributed by atoms with van der Waals surface area (Å²) in [6.07, 6.45) is 1.26. The van der Waals surface area contributed by atoms with E-state index in [1.807, 2.05) is 0 Å².